The van der Waals surface area contributed by atoms with E-state index in [1.165, 1.54) is 29.3 Å². The molecule has 0 aliphatic carbocycles. The van der Waals surface area contributed by atoms with Crippen LogP contribution in [0.5, 0.6) is 0 Å². The first kappa shape index (κ1) is 18.2. The lowest BCUT2D eigenvalue weighted by Crippen LogP contribution is -2.47. The van der Waals surface area contributed by atoms with E-state index in [2.05, 4.69) is 77.1 Å². The zero-order valence-corrected chi connectivity index (χ0v) is 16.9. The normalized spacial score (nSPS) is 25.2. The maximum Gasteiger partial charge on any atom is 0.329 e. The van der Waals surface area contributed by atoms with Gasteiger partial charge in [0.05, 0.1) is 13.2 Å². The number of carbonyl (C=O) groups excluding carboxylic acids is 1. The standard InChI is InChI=1S/C25H26N2O2/c1-3-18-16-26(15-17-9-5-4-6-10-17)22-14-20(18)24(25(28)29-2)27-21-12-8-7-11-19(21)13-23(22)27/h3-13,20,22,24H,14-16H2,1-2H3/b18-3-/t20-,22-,24+/m0/s1. The Balaban J connectivity index is 1.67. The van der Waals surface area contributed by atoms with E-state index in [1.54, 1.807) is 0 Å². The molecular formula is C25H26N2O2. The van der Waals surface area contributed by atoms with Crippen LogP contribution < -0.4 is 0 Å². The Morgan fingerprint density at radius 2 is 1.90 bits per heavy atom. The van der Waals surface area contributed by atoms with E-state index in [-0.39, 0.29) is 24.0 Å². The van der Waals surface area contributed by atoms with Gasteiger partial charge < -0.3 is 9.30 Å². The second-order valence-electron chi connectivity index (χ2n) is 8.08. The lowest BCUT2D eigenvalue weighted by molar-refractivity contribution is -0.147. The highest BCUT2D eigenvalue weighted by Gasteiger charge is 2.47. The largest absolute Gasteiger partial charge is 0.467 e. The van der Waals surface area contributed by atoms with Gasteiger partial charge in [0.25, 0.3) is 0 Å². The molecular weight excluding hydrogens is 360 g/mol. The zero-order chi connectivity index (χ0) is 20.0. The Labute approximate surface area is 171 Å². The summed E-state index contributed by atoms with van der Waals surface area (Å²) in [5.41, 5.74) is 4.99. The zero-order valence-electron chi connectivity index (χ0n) is 16.9. The van der Waals surface area contributed by atoms with Crippen LogP contribution in [0.15, 0.2) is 72.3 Å². The highest BCUT2D eigenvalue weighted by atomic mass is 16.5. The number of hydrogen-bond acceptors (Lipinski definition) is 3. The number of methoxy groups -OCH3 is 1. The molecule has 2 aliphatic rings. The Morgan fingerprint density at radius 3 is 2.66 bits per heavy atom. The number of allylic oxidation sites excluding steroid dienone is 1. The molecule has 0 amide bonds. The molecule has 3 heterocycles. The second kappa shape index (κ2) is 7.20. The number of para-hydroxylation sites is 1. The number of benzene rings is 2. The molecule has 1 aromatic heterocycles. The lowest BCUT2D eigenvalue weighted by atomic mass is 9.77. The third kappa shape index (κ3) is 2.90. The van der Waals surface area contributed by atoms with E-state index in [4.69, 9.17) is 4.74 Å². The van der Waals surface area contributed by atoms with Crippen LogP contribution in [0.1, 0.15) is 36.7 Å². The smallest absolute Gasteiger partial charge is 0.329 e. The Hall–Kier alpha value is -2.85. The van der Waals surface area contributed by atoms with Crippen molar-refractivity contribution >= 4 is 16.9 Å². The van der Waals surface area contributed by atoms with Gasteiger partial charge in [-0.3, -0.25) is 4.90 Å². The minimum atomic E-state index is -0.295. The Bertz CT molecular complexity index is 1080. The molecule has 5 rings (SSSR count). The summed E-state index contributed by atoms with van der Waals surface area (Å²) < 4.78 is 7.52. The van der Waals surface area contributed by atoms with Gasteiger partial charge >= 0.3 is 5.97 Å². The predicted molar refractivity (Wildman–Crippen MR) is 114 cm³/mol. The minimum absolute atomic E-state index is 0.146. The predicted octanol–water partition coefficient (Wildman–Crippen LogP) is 4.88. The molecule has 4 heteroatoms. The molecule has 2 aliphatic heterocycles. The van der Waals surface area contributed by atoms with Gasteiger partial charge in [0.2, 0.25) is 0 Å². The number of carbonyl (C=O) groups is 1. The van der Waals surface area contributed by atoms with Crippen LogP contribution in [0, 0.1) is 5.92 Å². The number of piperidine rings is 1. The topological polar surface area (TPSA) is 34.5 Å². The minimum Gasteiger partial charge on any atom is -0.467 e. The van der Waals surface area contributed by atoms with Gasteiger partial charge in [-0.15, -0.1) is 0 Å². The van der Waals surface area contributed by atoms with Crippen molar-refractivity contribution in [2.45, 2.75) is 32.0 Å². The SMILES string of the molecule is C/C=C1/CN(Cc2ccccc2)[C@H]2C[C@@H]1[C@H](C(=O)OC)n1c2cc2ccccc21. The molecule has 1 saturated heterocycles. The van der Waals surface area contributed by atoms with Gasteiger partial charge in [-0.25, -0.2) is 4.79 Å². The molecule has 29 heavy (non-hydrogen) atoms. The molecule has 2 aromatic carbocycles. The summed E-state index contributed by atoms with van der Waals surface area (Å²) in [6, 6.07) is 21.3. The number of likely N-dealkylation sites (tertiary alicyclic amines) is 1. The van der Waals surface area contributed by atoms with Gasteiger partial charge in [-0.1, -0.05) is 60.2 Å². The maximum absolute atomic E-state index is 12.9. The van der Waals surface area contributed by atoms with Crippen molar-refractivity contribution in [1.29, 1.82) is 0 Å². The van der Waals surface area contributed by atoms with E-state index >= 15 is 0 Å². The van der Waals surface area contributed by atoms with Gasteiger partial charge in [0.1, 0.15) is 6.04 Å². The van der Waals surface area contributed by atoms with Gasteiger partial charge in [-0.2, -0.15) is 0 Å². The van der Waals surface area contributed by atoms with Crippen LogP contribution in [0.2, 0.25) is 0 Å². The first-order valence-corrected chi connectivity index (χ1v) is 10.3. The fraction of sp³-hybridized carbons (Fsp3) is 0.320. The number of nitrogens with zero attached hydrogens (tertiary/aromatic N) is 2. The van der Waals surface area contributed by atoms with Crippen LogP contribution in [0.25, 0.3) is 10.9 Å². The lowest BCUT2D eigenvalue weighted by Gasteiger charge is -2.48. The van der Waals surface area contributed by atoms with Crippen molar-refractivity contribution in [3.8, 4) is 0 Å². The van der Waals surface area contributed by atoms with Crippen LogP contribution in [0.4, 0.5) is 0 Å². The maximum atomic E-state index is 12.9. The van der Waals surface area contributed by atoms with Crippen molar-refractivity contribution in [3.05, 3.63) is 83.6 Å². The quantitative estimate of drug-likeness (QED) is 0.475. The van der Waals surface area contributed by atoms with E-state index in [0.717, 1.165) is 25.0 Å². The van der Waals surface area contributed by atoms with Gasteiger partial charge in [0.15, 0.2) is 0 Å². The second-order valence-corrected chi connectivity index (χ2v) is 8.08. The average Bonchev–Trinajstić information content (AvgIpc) is 3.15. The molecule has 0 unspecified atom stereocenters. The summed E-state index contributed by atoms with van der Waals surface area (Å²) in [4.78, 5) is 15.5. The number of aromatic nitrogens is 1. The molecule has 148 valence electrons. The number of esters is 1. The highest BCUT2D eigenvalue weighted by Crippen LogP contribution is 2.50. The number of hydrogen-bond donors (Lipinski definition) is 0. The van der Waals surface area contributed by atoms with Gasteiger partial charge in [0, 0.05) is 30.2 Å². The summed E-state index contributed by atoms with van der Waals surface area (Å²) in [5.74, 6) is 0.0275. The van der Waals surface area contributed by atoms with Crippen molar-refractivity contribution in [2.24, 2.45) is 5.92 Å². The van der Waals surface area contributed by atoms with Crippen molar-refractivity contribution < 1.29 is 9.53 Å². The van der Waals surface area contributed by atoms with E-state index in [9.17, 15) is 4.79 Å². The highest BCUT2D eigenvalue weighted by molar-refractivity contribution is 5.86. The molecule has 0 saturated carbocycles. The van der Waals surface area contributed by atoms with E-state index in [0.29, 0.717) is 0 Å². The van der Waals surface area contributed by atoms with Crippen LogP contribution in [-0.2, 0) is 16.1 Å². The first-order valence-electron chi connectivity index (χ1n) is 10.3. The Morgan fingerprint density at radius 1 is 1.14 bits per heavy atom. The van der Waals surface area contributed by atoms with Crippen LogP contribution in [0.3, 0.4) is 0 Å². The molecule has 2 bridgehead atoms. The van der Waals surface area contributed by atoms with Crippen molar-refractivity contribution in [3.63, 3.8) is 0 Å². The van der Waals surface area contributed by atoms with E-state index in [1.807, 2.05) is 6.07 Å². The summed E-state index contributed by atoms with van der Waals surface area (Å²) in [6.45, 7) is 3.88. The molecule has 4 nitrogen and oxygen atoms in total. The average molecular weight is 386 g/mol. The molecule has 0 spiro atoms. The summed E-state index contributed by atoms with van der Waals surface area (Å²) in [6.07, 6.45) is 3.15. The van der Waals surface area contributed by atoms with Crippen molar-refractivity contribution in [2.75, 3.05) is 13.7 Å². The number of fused-ring (bicyclic) bond motifs is 6. The van der Waals surface area contributed by atoms with Crippen LogP contribution in [-0.4, -0.2) is 29.1 Å². The molecule has 3 aromatic rings. The number of rotatable bonds is 3. The van der Waals surface area contributed by atoms with E-state index < -0.39 is 0 Å². The summed E-state index contributed by atoms with van der Waals surface area (Å²) in [7, 11) is 1.50. The molecule has 3 atom stereocenters. The molecule has 0 N–H and O–H groups in total. The summed E-state index contributed by atoms with van der Waals surface area (Å²) in [5, 5.41) is 1.19. The summed E-state index contributed by atoms with van der Waals surface area (Å²) >= 11 is 0. The first-order chi connectivity index (χ1) is 14.2. The molecule has 1 fully saturated rings. The van der Waals surface area contributed by atoms with Crippen LogP contribution >= 0.6 is 0 Å². The van der Waals surface area contributed by atoms with Crippen molar-refractivity contribution in [1.82, 2.24) is 9.47 Å². The number of ether oxygens (including phenoxy) is 1. The fourth-order valence-electron chi connectivity index (χ4n) is 5.27. The Kier molecular flexibility index (Phi) is 4.51. The van der Waals surface area contributed by atoms with Gasteiger partial charge in [-0.05, 0) is 36.4 Å². The third-order valence-corrected chi connectivity index (χ3v) is 6.60. The molecule has 0 radical (unpaired) electrons. The fourth-order valence-corrected chi connectivity index (χ4v) is 5.27. The third-order valence-electron chi connectivity index (χ3n) is 6.60. The monoisotopic (exact) mass is 386 g/mol.